The summed E-state index contributed by atoms with van der Waals surface area (Å²) in [6, 6.07) is 5.49. The van der Waals surface area contributed by atoms with Crippen LogP contribution in [0.15, 0.2) is 28.9 Å². The lowest BCUT2D eigenvalue weighted by Crippen LogP contribution is -2.22. The van der Waals surface area contributed by atoms with Crippen LogP contribution in [-0.2, 0) is 4.79 Å². The second-order valence-corrected chi connectivity index (χ2v) is 7.60. The molecule has 0 aliphatic carbocycles. The summed E-state index contributed by atoms with van der Waals surface area (Å²) in [7, 11) is 0. The van der Waals surface area contributed by atoms with Crippen molar-refractivity contribution in [2.75, 3.05) is 11.1 Å². The van der Waals surface area contributed by atoms with Crippen molar-refractivity contribution < 1.29 is 4.79 Å². The van der Waals surface area contributed by atoms with Gasteiger partial charge in [0.05, 0.1) is 15.5 Å². The minimum atomic E-state index is -0.268. The van der Waals surface area contributed by atoms with Gasteiger partial charge in [0, 0.05) is 5.69 Å². The number of hydrogen-bond acceptors (Lipinski definition) is 8. The molecule has 0 radical (unpaired) electrons. The fourth-order valence-electron chi connectivity index (χ4n) is 1.62. The average molecular weight is 337 g/mol. The monoisotopic (exact) mass is 337 g/mol. The van der Waals surface area contributed by atoms with Gasteiger partial charge in [0.15, 0.2) is 9.47 Å². The van der Waals surface area contributed by atoms with Gasteiger partial charge in [0.25, 0.3) is 0 Å². The van der Waals surface area contributed by atoms with Gasteiger partial charge in [0.1, 0.15) is 6.33 Å². The van der Waals surface area contributed by atoms with E-state index >= 15 is 0 Å². The Labute approximate surface area is 133 Å². The van der Waals surface area contributed by atoms with E-state index in [-0.39, 0.29) is 11.2 Å². The van der Waals surface area contributed by atoms with E-state index in [1.807, 2.05) is 19.1 Å². The van der Waals surface area contributed by atoms with Crippen LogP contribution >= 0.6 is 34.6 Å². The van der Waals surface area contributed by atoms with Crippen molar-refractivity contribution in [1.29, 1.82) is 0 Å². The van der Waals surface area contributed by atoms with Crippen LogP contribution < -0.4 is 11.1 Å². The van der Waals surface area contributed by atoms with Gasteiger partial charge in [-0.1, -0.05) is 23.1 Å². The SMILES string of the molecule is CC(Sc1ncns1)C(=O)Nc1nc2ccc(N)cc2s1. The topological polar surface area (TPSA) is 93.8 Å². The number of carbonyl (C=O) groups excluding carboxylic acids is 1. The van der Waals surface area contributed by atoms with E-state index in [4.69, 9.17) is 5.73 Å². The maximum Gasteiger partial charge on any atom is 0.239 e. The van der Waals surface area contributed by atoms with Gasteiger partial charge in [-0.2, -0.15) is 4.37 Å². The maximum atomic E-state index is 12.1. The molecule has 21 heavy (non-hydrogen) atoms. The van der Waals surface area contributed by atoms with Crippen molar-refractivity contribution in [3.8, 4) is 0 Å². The Morgan fingerprint density at radius 3 is 3.10 bits per heavy atom. The van der Waals surface area contributed by atoms with Gasteiger partial charge in [-0.3, -0.25) is 4.79 Å². The molecule has 3 N–H and O–H groups in total. The molecular formula is C12H11N5OS3. The number of thioether (sulfide) groups is 1. The van der Waals surface area contributed by atoms with Crippen molar-refractivity contribution in [3.05, 3.63) is 24.5 Å². The molecule has 3 rings (SSSR count). The molecule has 0 aliphatic heterocycles. The summed E-state index contributed by atoms with van der Waals surface area (Å²) in [5.41, 5.74) is 7.25. The number of benzene rings is 1. The Kier molecular flexibility index (Phi) is 4.04. The van der Waals surface area contributed by atoms with Crippen LogP contribution in [0, 0.1) is 0 Å². The normalized spacial score (nSPS) is 12.4. The van der Waals surface area contributed by atoms with Crippen LogP contribution in [0.4, 0.5) is 10.8 Å². The summed E-state index contributed by atoms with van der Waals surface area (Å²) in [5.74, 6) is -0.109. The molecule has 0 saturated carbocycles. The zero-order valence-electron chi connectivity index (χ0n) is 10.9. The second kappa shape index (κ2) is 5.96. The van der Waals surface area contributed by atoms with E-state index in [0.29, 0.717) is 10.8 Å². The number of carbonyl (C=O) groups is 1. The molecule has 0 fully saturated rings. The molecule has 1 aromatic carbocycles. The fraction of sp³-hybridized carbons (Fsp3) is 0.167. The summed E-state index contributed by atoms with van der Waals surface area (Å²) >= 11 is 4.06. The lowest BCUT2D eigenvalue weighted by molar-refractivity contribution is -0.115. The van der Waals surface area contributed by atoms with E-state index in [9.17, 15) is 4.79 Å². The summed E-state index contributed by atoms with van der Waals surface area (Å²) in [5, 5.41) is 3.13. The molecule has 0 spiro atoms. The van der Waals surface area contributed by atoms with Crippen molar-refractivity contribution in [3.63, 3.8) is 0 Å². The molecule has 1 unspecified atom stereocenters. The standard InChI is InChI=1S/C12H11N5OS3/c1-6(19-12-14-5-15-21-12)10(18)17-11-16-8-3-2-7(13)4-9(8)20-11/h2-6H,13H2,1H3,(H,16,17,18). The average Bonchev–Trinajstić information content (AvgIpc) is 3.07. The number of aromatic nitrogens is 3. The number of anilines is 2. The van der Waals surface area contributed by atoms with Crippen molar-refractivity contribution in [2.24, 2.45) is 0 Å². The Hall–Kier alpha value is -1.71. The molecule has 1 atom stereocenters. The summed E-state index contributed by atoms with van der Waals surface area (Å²) < 4.78 is 5.64. The highest BCUT2D eigenvalue weighted by atomic mass is 32.2. The lowest BCUT2D eigenvalue weighted by atomic mass is 10.3. The van der Waals surface area contributed by atoms with E-state index in [0.717, 1.165) is 14.6 Å². The zero-order valence-corrected chi connectivity index (χ0v) is 13.4. The summed E-state index contributed by atoms with van der Waals surface area (Å²) in [6.07, 6.45) is 1.48. The fourth-order valence-corrected chi connectivity index (χ4v) is 4.13. The highest BCUT2D eigenvalue weighted by Gasteiger charge is 2.17. The minimum Gasteiger partial charge on any atom is -0.399 e. The third-order valence-corrected chi connectivity index (χ3v) is 5.41. The second-order valence-electron chi connectivity index (χ2n) is 4.20. The van der Waals surface area contributed by atoms with E-state index in [1.165, 1.54) is 41.0 Å². The number of thiazole rings is 1. The first-order valence-corrected chi connectivity index (χ1v) is 8.49. The van der Waals surface area contributed by atoms with E-state index < -0.39 is 0 Å². The van der Waals surface area contributed by atoms with Crippen molar-refractivity contribution >= 4 is 61.6 Å². The molecule has 3 aromatic rings. The van der Waals surface area contributed by atoms with Crippen molar-refractivity contribution in [2.45, 2.75) is 16.5 Å². The van der Waals surface area contributed by atoms with Gasteiger partial charge >= 0.3 is 0 Å². The van der Waals surface area contributed by atoms with Crippen LogP contribution in [0.3, 0.4) is 0 Å². The number of hydrogen-bond donors (Lipinski definition) is 2. The number of nitrogen functional groups attached to an aromatic ring is 1. The minimum absolute atomic E-state index is 0.109. The first-order valence-electron chi connectivity index (χ1n) is 6.02. The molecule has 2 aromatic heterocycles. The van der Waals surface area contributed by atoms with Crippen LogP contribution in [0.25, 0.3) is 10.2 Å². The molecule has 108 valence electrons. The summed E-state index contributed by atoms with van der Waals surface area (Å²) in [4.78, 5) is 20.6. The van der Waals surface area contributed by atoms with Gasteiger partial charge < -0.3 is 11.1 Å². The summed E-state index contributed by atoms with van der Waals surface area (Å²) in [6.45, 7) is 1.83. The number of amides is 1. The third-order valence-electron chi connectivity index (χ3n) is 2.63. The predicted molar refractivity (Wildman–Crippen MR) is 87.9 cm³/mol. The first-order chi connectivity index (χ1) is 10.1. The molecule has 2 heterocycles. The Morgan fingerprint density at radius 1 is 1.48 bits per heavy atom. The highest BCUT2D eigenvalue weighted by Crippen LogP contribution is 2.29. The number of nitrogens with one attached hydrogen (secondary N) is 1. The Balaban J connectivity index is 1.70. The quantitative estimate of drug-likeness (QED) is 0.561. The highest BCUT2D eigenvalue weighted by molar-refractivity contribution is 8.02. The molecule has 6 nitrogen and oxygen atoms in total. The first kappa shape index (κ1) is 14.2. The number of nitrogens with two attached hydrogens (primary N) is 1. The molecule has 0 aliphatic rings. The molecule has 9 heteroatoms. The van der Waals surface area contributed by atoms with Crippen LogP contribution in [0.5, 0.6) is 0 Å². The smallest absolute Gasteiger partial charge is 0.239 e. The van der Waals surface area contributed by atoms with E-state index in [2.05, 4.69) is 19.7 Å². The van der Waals surface area contributed by atoms with Gasteiger partial charge in [0.2, 0.25) is 5.91 Å². The number of fused-ring (bicyclic) bond motifs is 1. The Morgan fingerprint density at radius 2 is 2.33 bits per heavy atom. The predicted octanol–water partition coefficient (Wildman–Crippen LogP) is 2.85. The molecule has 1 amide bonds. The van der Waals surface area contributed by atoms with Crippen LogP contribution in [-0.4, -0.2) is 25.5 Å². The number of nitrogens with zero attached hydrogens (tertiary/aromatic N) is 3. The molecule has 0 bridgehead atoms. The van der Waals surface area contributed by atoms with E-state index in [1.54, 1.807) is 6.07 Å². The molecular weight excluding hydrogens is 326 g/mol. The van der Waals surface area contributed by atoms with Crippen molar-refractivity contribution in [1.82, 2.24) is 14.3 Å². The zero-order chi connectivity index (χ0) is 14.8. The third kappa shape index (κ3) is 3.31. The Bertz CT molecular complexity index is 770. The number of rotatable bonds is 4. The van der Waals surface area contributed by atoms with Crippen LogP contribution in [0.2, 0.25) is 0 Å². The van der Waals surface area contributed by atoms with Gasteiger partial charge in [-0.25, -0.2) is 9.97 Å². The van der Waals surface area contributed by atoms with Gasteiger partial charge in [-0.15, -0.1) is 0 Å². The maximum absolute atomic E-state index is 12.1. The van der Waals surface area contributed by atoms with Crippen LogP contribution in [0.1, 0.15) is 6.92 Å². The lowest BCUT2D eigenvalue weighted by Gasteiger charge is -2.07. The van der Waals surface area contributed by atoms with Gasteiger partial charge in [-0.05, 0) is 36.7 Å². The largest absolute Gasteiger partial charge is 0.399 e. The molecule has 0 saturated heterocycles.